The lowest BCUT2D eigenvalue weighted by molar-refractivity contribution is -0.135. The topological polar surface area (TPSA) is 91.4 Å². The maximum absolute atomic E-state index is 13.4. The summed E-state index contributed by atoms with van der Waals surface area (Å²) in [5.41, 5.74) is 2.82. The van der Waals surface area contributed by atoms with Crippen LogP contribution < -0.4 is 10.6 Å². The number of carbonyl (C=O) groups is 3. The number of benzene rings is 2. The highest BCUT2D eigenvalue weighted by Gasteiger charge is 2.30. The number of hydrogen-bond donors (Lipinski definition) is 2. The van der Waals surface area contributed by atoms with Gasteiger partial charge >= 0.3 is 0 Å². The van der Waals surface area contributed by atoms with Gasteiger partial charge in [-0.25, -0.2) is 0 Å². The van der Waals surface area contributed by atoms with Crippen LogP contribution in [0.15, 0.2) is 72.9 Å². The van der Waals surface area contributed by atoms with E-state index in [0.717, 1.165) is 22.9 Å². The lowest BCUT2D eigenvalue weighted by Crippen LogP contribution is -2.48. The Morgan fingerprint density at radius 1 is 1.09 bits per heavy atom. The van der Waals surface area contributed by atoms with Crippen molar-refractivity contribution in [3.05, 3.63) is 84.1 Å². The molecule has 0 saturated carbocycles. The standard InChI is InChI=1S/C28H30N4O3/c1-3-9-26(33)31-23-12-8-11-21(17-23)27(34)30-19(2)28(35)32-15-7-6-14-25(32)22-16-20-10-4-5-13-24(20)29-18-22/h4-8,10-13,16-19,25H,3,9,14-15H2,1-2H3,(H,30,34)(H,31,33). The average Bonchev–Trinajstić information content (AvgIpc) is 2.88. The van der Waals surface area contributed by atoms with Gasteiger partial charge in [0.15, 0.2) is 0 Å². The molecule has 0 bridgehead atoms. The molecule has 2 unspecified atom stereocenters. The summed E-state index contributed by atoms with van der Waals surface area (Å²) in [5.74, 6) is -0.622. The third-order valence-corrected chi connectivity index (χ3v) is 6.09. The van der Waals surface area contributed by atoms with Crippen LogP contribution in [0.5, 0.6) is 0 Å². The van der Waals surface area contributed by atoms with Gasteiger partial charge in [0.05, 0.1) is 11.6 Å². The maximum Gasteiger partial charge on any atom is 0.251 e. The van der Waals surface area contributed by atoms with Gasteiger partial charge in [-0.3, -0.25) is 19.4 Å². The zero-order chi connectivity index (χ0) is 24.8. The average molecular weight is 471 g/mol. The molecule has 35 heavy (non-hydrogen) atoms. The van der Waals surface area contributed by atoms with Gasteiger partial charge < -0.3 is 15.5 Å². The van der Waals surface area contributed by atoms with E-state index in [1.807, 2.05) is 43.5 Å². The second-order valence-corrected chi connectivity index (χ2v) is 8.75. The number of carbonyl (C=O) groups excluding carboxylic acids is 3. The fraction of sp³-hybridized carbons (Fsp3) is 0.286. The molecule has 1 aliphatic heterocycles. The first-order valence-electron chi connectivity index (χ1n) is 12.0. The second-order valence-electron chi connectivity index (χ2n) is 8.75. The van der Waals surface area contributed by atoms with Crippen LogP contribution in [0, 0.1) is 0 Å². The first-order valence-corrected chi connectivity index (χ1v) is 12.0. The normalized spacial score (nSPS) is 16.1. The van der Waals surface area contributed by atoms with Crippen LogP contribution in [0.1, 0.15) is 55.1 Å². The predicted molar refractivity (Wildman–Crippen MR) is 137 cm³/mol. The van der Waals surface area contributed by atoms with Crippen molar-refractivity contribution in [1.29, 1.82) is 0 Å². The lowest BCUT2D eigenvalue weighted by atomic mass is 9.98. The van der Waals surface area contributed by atoms with Crippen molar-refractivity contribution in [1.82, 2.24) is 15.2 Å². The van der Waals surface area contributed by atoms with E-state index in [2.05, 4.69) is 27.8 Å². The minimum absolute atomic E-state index is 0.0963. The molecule has 0 spiro atoms. The number of nitrogens with one attached hydrogen (secondary N) is 2. The Morgan fingerprint density at radius 3 is 2.74 bits per heavy atom. The van der Waals surface area contributed by atoms with Crippen LogP contribution in [0.3, 0.4) is 0 Å². The lowest BCUT2D eigenvalue weighted by Gasteiger charge is -2.35. The Morgan fingerprint density at radius 2 is 1.91 bits per heavy atom. The fourth-order valence-electron chi connectivity index (χ4n) is 4.28. The van der Waals surface area contributed by atoms with E-state index >= 15 is 0 Å². The van der Waals surface area contributed by atoms with Crippen LogP contribution in [0.25, 0.3) is 10.9 Å². The molecule has 0 aliphatic carbocycles. The maximum atomic E-state index is 13.4. The molecule has 2 heterocycles. The molecule has 0 saturated heterocycles. The predicted octanol–water partition coefficient (Wildman–Crippen LogP) is 4.62. The Balaban J connectivity index is 1.46. The molecule has 180 valence electrons. The van der Waals surface area contributed by atoms with Gasteiger partial charge in [-0.15, -0.1) is 0 Å². The smallest absolute Gasteiger partial charge is 0.251 e. The van der Waals surface area contributed by atoms with E-state index in [0.29, 0.717) is 30.6 Å². The Bertz CT molecular complexity index is 1270. The Labute approximate surface area is 205 Å². The van der Waals surface area contributed by atoms with Crippen molar-refractivity contribution in [2.24, 2.45) is 0 Å². The summed E-state index contributed by atoms with van der Waals surface area (Å²) in [5, 5.41) is 6.64. The van der Waals surface area contributed by atoms with Crippen LogP contribution >= 0.6 is 0 Å². The minimum Gasteiger partial charge on any atom is -0.341 e. The highest BCUT2D eigenvalue weighted by molar-refractivity contribution is 5.99. The van der Waals surface area contributed by atoms with Crippen molar-refractivity contribution < 1.29 is 14.4 Å². The highest BCUT2D eigenvalue weighted by atomic mass is 16.2. The van der Waals surface area contributed by atoms with E-state index in [4.69, 9.17) is 0 Å². The first kappa shape index (κ1) is 24.1. The number of rotatable bonds is 7. The first-order chi connectivity index (χ1) is 17.0. The molecule has 0 fully saturated rings. The number of amides is 3. The summed E-state index contributed by atoms with van der Waals surface area (Å²) in [6.07, 6.45) is 7.72. The van der Waals surface area contributed by atoms with Gasteiger partial charge in [0.1, 0.15) is 6.04 Å². The van der Waals surface area contributed by atoms with Gasteiger partial charge in [0.25, 0.3) is 5.91 Å². The second kappa shape index (κ2) is 11.0. The monoisotopic (exact) mass is 470 g/mol. The van der Waals surface area contributed by atoms with Crippen molar-refractivity contribution >= 4 is 34.3 Å². The molecule has 3 aromatic rings. The summed E-state index contributed by atoms with van der Waals surface area (Å²) in [7, 11) is 0. The molecule has 2 aromatic carbocycles. The highest BCUT2D eigenvalue weighted by Crippen LogP contribution is 2.29. The van der Waals surface area contributed by atoms with Crippen molar-refractivity contribution in [2.75, 3.05) is 11.9 Å². The number of fused-ring (bicyclic) bond motifs is 1. The number of anilines is 1. The van der Waals surface area contributed by atoms with Crippen LogP contribution in [0.4, 0.5) is 5.69 Å². The van der Waals surface area contributed by atoms with Crippen LogP contribution in [-0.4, -0.2) is 40.2 Å². The minimum atomic E-state index is -0.719. The quantitative estimate of drug-likeness (QED) is 0.493. The van der Waals surface area contributed by atoms with E-state index in [1.54, 1.807) is 36.1 Å². The molecular weight excluding hydrogens is 440 g/mol. The fourth-order valence-corrected chi connectivity index (χ4v) is 4.28. The third-order valence-electron chi connectivity index (χ3n) is 6.09. The van der Waals surface area contributed by atoms with Gasteiger partial charge in [-0.1, -0.05) is 43.3 Å². The van der Waals surface area contributed by atoms with E-state index < -0.39 is 6.04 Å². The number of nitrogens with zero attached hydrogens (tertiary/aromatic N) is 2. The molecule has 1 aromatic heterocycles. The van der Waals surface area contributed by atoms with Gasteiger partial charge in [0.2, 0.25) is 11.8 Å². The molecular formula is C28H30N4O3. The number of aromatic nitrogens is 1. The van der Waals surface area contributed by atoms with Gasteiger partial charge in [-0.2, -0.15) is 0 Å². The van der Waals surface area contributed by atoms with Crippen LogP contribution in [-0.2, 0) is 9.59 Å². The molecule has 7 nitrogen and oxygen atoms in total. The molecule has 4 rings (SSSR count). The van der Waals surface area contributed by atoms with E-state index in [-0.39, 0.29) is 23.8 Å². The Kier molecular flexibility index (Phi) is 7.55. The number of para-hydroxylation sites is 1. The van der Waals surface area contributed by atoms with Crippen LogP contribution in [0.2, 0.25) is 0 Å². The summed E-state index contributed by atoms with van der Waals surface area (Å²) >= 11 is 0. The number of hydrogen-bond acceptors (Lipinski definition) is 4. The third kappa shape index (κ3) is 5.74. The van der Waals surface area contributed by atoms with Gasteiger partial charge in [-0.05, 0) is 55.7 Å². The zero-order valence-corrected chi connectivity index (χ0v) is 20.0. The summed E-state index contributed by atoms with van der Waals surface area (Å²) < 4.78 is 0. The molecule has 2 atom stereocenters. The zero-order valence-electron chi connectivity index (χ0n) is 20.0. The van der Waals surface area contributed by atoms with E-state index in [1.165, 1.54) is 0 Å². The molecule has 0 radical (unpaired) electrons. The SMILES string of the molecule is CCCC(=O)Nc1cccc(C(=O)NC(C)C(=O)N2CC=CCC2c2cnc3ccccc3c2)c1. The Hall–Kier alpha value is -4.00. The molecule has 7 heteroatoms. The van der Waals surface area contributed by atoms with Crippen molar-refractivity contribution in [3.8, 4) is 0 Å². The summed E-state index contributed by atoms with van der Waals surface area (Å²) in [6.45, 7) is 4.09. The summed E-state index contributed by atoms with van der Waals surface area (Å²) in [6, 6.07) is 15.8. The summed E-state index contributed by atoms with van der Waals surface area (Å²) in [4.78, 5) is 44.5. The van der Waals surface area contributed by atoms with Gasteiger partial charge in [0, 0.05) is 35.8 Å². The van der Waals surface area contributed by atoms with Crippen molar-refractivity contribution in [2.45, 2.75) is 45.2 Å². The molecule has 3 amide bonds. The van der Waals surface area contributed by atoms with E-state index in [9.17, 15) is 14.4 Å². The van der Waals surface area contributed by atoms with Crippen molar-refractivity contribution in [3.63, 3.8) is 0 Å². The largest absolute Gasteiger partial charge is 0.341 e. The molecule has 1 aliphatic rings. The molecule has 2 N–H and O–H groups in total. The number of pyridine rings is 1.